The largest absolute Gasteiger partial charge is 0.254 e. The first-order valence-electron chi connectivity index (χ1n) is 3.44. The highest BCUT2D eigenvalue weighted by molar-refractivity contribution is 7.89. The van der Waals surface area contributed by atoms with Gasteiger partial charge in [-0.1, -0.05) is 0 Å². The first-order chi connectivity index (χ1) is 6.09. The Morgan fingerprint density at radius 3 is 2.92 bits per heavy atom. The van der Waals surface area contributed by atoms with Crippen molar-refractivity contribution >= 4 is 31.6 Å². The molecule has 0 aliphatic carbocycles. The van der Waals surface area contributed by atoms with Gasteiger partial charge in [-0.25, -0.2) is 13.6 Å². The summed E-state index contributed by atoms with van der Waals surface area (Å²) >= 11 is 1.32. The number of hydrogen-bond donors (Lipinski definition) is 1. The van der Waals surface area contributed by atoms with E-state index in [0.717, 1.165) is 4.70 Å². The van der Waals surface area contributed by atoms with Crippen molar-refractivity contribution < 1.29 is 8.42 Å². The molecule has 2 heterocycles. The van der Waals surface area contributed by atoms with E-state index >= 15 is 0 Å². The molecule has 68 valence electrons. The van der Waals surface area contributed by atoms with Crippen LogP contribution in [-0.2, 0) is 10.0 Å². The van der Waals surface area contributed by atoms with E-state index in [-0.39, 0.29) is 4.90 Å². The summed E-state index contributed by atoms with van der Waals surface area (Å²) in [6.45, 7) is 0. The van der Waals surface area contributed by atoms with Crippen molar-refractivity contribution in [3.8, 4) is 0 Å². The SMILES string of the molecule is NS(=O)(=O)c1csc2cccnc12. The second-order valence-electron chi connectivity index (χ2n) is 2.50. The second-order valence-corrected chi connectivity index (χ2v) is 4.94. The summed E-state index contributed by atoms with van der Waals surface area (Å²) in [6, 6.07) is 3.56. The molecule has 0 aromatic carbocycles. The highest BCUT2D eigenvalue weighted by Crippen LogP contribution is 2.25. The molecule has 13 heavy (non-hydrogen) atoms. The van der Waals surface area contributed by atoms with Gasteiger partial charge in [-0.05, 0) is 12.1 Å². The van der Waals surface area contributed by atoms with Gasteiger partial charge in [0.05, 0.1) is 4.70 Å². The van der Waals surface area contributed by atoms with Crippen LogP contribution in [0.2, 0.25) is 0 Å². The topological polar surface area (TPSA) is 73.1 Å². The molecule has 2 aromatic heterocycles. The van der Waals surface area contributed by atoms with Gasteiger partial charge in [0.2, 0.25) is 10.0 Å². The third-order valence-corrected chi connectivity index (χ3v) is 3.61. The molecule has 2 aromatic rings. The van der Waals surface area contributed by atoms with E-state index < -0.39 is 10.0 Å². The van der Waals surface area contributed by atoms with Crippen LogP contribution in [0.15, 0.2) is 28.6 Å². The second kappa shape index (κ2) is 2.76. The summed E-state index contributed by atoms with van der Waals surface area (Å²) in [5, 5.41) is 6.51. The lowest BCUT2D eigenvalue weighted by Gasteiger charge is -1.92. The lowest BCUT2D eigenvalue weighted by atomic mass is 10.4. The number of pyridine rings is 1. The average Bonchev–Trinajstić information content (AvgIpc) is 2.45. The fourth-order valence-electron chi connectivity index (χ4n) is 1.05. The summed E-state index contributed by atoms with van der Waals surface area (Å²) in [5.41, 5.74) is 0.454. The van der Waals surface area contributed by atoms with Gasteiger partial charge in [-0.2, -0.15) is 0 Å². The molecular formula is C7H6N2O2S2. The number of nitrogens with two attached hydrogens (primary N) is 1. The fraction of sp³-hybridized carbons (Fsp3) is 0. The molecular weight excluding hydrogens is 208 g/mol. The summed E-state index contributed by atoms with van der Waals surface area (Å²) in [4.78, 5) is 4.06. The number of thiophene rings is 1. The molecule has 6 heteroatoms. The van der Waals surface area contributed by atoms with Crippen LogP contribution in [0.4, 0.5) is 0 Å². The zero-order valence-corrected chi connectivity index (χ0v) is 8.10. The maximum absolute atomic E-state index is 11.1. The van der Waals surface area contributed by atoms with Gasteiger partial charge in [0.15, 0.2) is 0 Å². The van der Waals surface area contributed by atoms with Crippen molar-refractivity contribution in [3.05, 3.63) is 23.7 Å². The third kappa shape index (κ3) is 1.43. The molecule has 0 atom stereocenters. The molecule has 2 rings (SSSR count). The normalized spacial score (nSPS) is 12.1. The standard InChI is InChI=1S/C7H6N2O2S2/c8-13(10,11)6-4-12-5-2-1-3-9-7(5)6/h1-4H,(H2,8,10,11). The Hall–Kier alpha value is -0.980. The van der Waals surface area contributed by atoms with Crippen molar-refractivity contribution in [1.29, 1.82) is 0 Å². The van der Waals surface area contributed by atoms with Crippen LogP contribution in [0.5, 0.6) is 0 Å². The molecule has 0 saturated carbocycles. The highest BCUT2D eigenvalue weighted by atomic mass is 32.2. The van der Waals surface area contributed by atoms with E-state index in [4.69, 9.17) is 5.14 Å². The van der Waals surface area contributed by atoms with E-state index in [1.807, 2.05) is 6.07 Å². The van der Waals surface area contributed by atoms with Gasteiger partial charge in [0.25, 0.3) is 0 Å². The van der Waals surface area contributed by atoms with Crippen LogP contribution in [0.3, 0.4) is 0 Å². The molecule has 4 nitrogen and oxygen atoms in total. The number of sulfonamides is 1. The van der Waals surface area contributed by atoms with Crippen molar-refractivity contribution in [1.82, 2.24) is 4.98 Å². The quantitative estimate of drug-likeness (QED) is 0.767. The summed E-state index contributed by atoms with van der Waals surface area (Å²) < 4.78 is 22.9. The van der Waals surface area contributed by atoms with Crippen molar-refractivity contribution in [2.24, 2.45) is 5.14 Å². The van der Waals surface area contributed by atoms with Gasteiger partial charge >= 0.3 is 0 Å². The predicted octanol–water partition coefficient (Wildman–Crippen LogP) is 0.944. The molecule has 0 spiro atoms. The maximum Gasteiger partial charge on any atom is 0.241 e. The molecule has 0 amide bonds. The molecule has 0 unspecified atom stereocenters. The molecule has 0 aliphatic heterocycles. The number of fused-ring (bicyclic) bond motifs is 1. The fourth-order valence-corrected chi connectivity index (χ4v) is 3.00. The van der Waals surface area contributed by atoms with Crippen LogP contribution in [0, 0.1) is 0 Å². The molecule has 0 bridgehead atoms. The first-order valence-corrected chi connectivity index (χ1v) is 5.86. The van der Waals surface area contributed by atoms with Gasteiger partial charge < -0.3 is 0 Å². The Labute approximate surface area is 79.1 Å². The Balaban J connectivity index is 2.87. The monoisotopic (exact) mass is 214 g/mol. The summed E-state index contributed by atoms with van der Waals surface area (Å²) in [6.07, 6.45) is 1.55. The Kier molecular flexibility index (Phi) is 1.83. The highest BCUT2D eigenvalue weighted by Gasteiger charge is 2.14. The van der Waals surface area contributed by atoms with E-state index in [1.54, 1.807) is 12.3 Å². The zero-order chi connectivity index (χ0) is 9.47. The average molecular weight is 214 g/mol. The van der Waals surface area contributed by atoms with Crippen LogP contribution in [0.1, 0.15) is 0 Å². The van der Waals surface area contributed by atoms with E-state index in [0.29, 0.717) is 5.52 Å². The van der Waals surface area contributed by atoms with E-state index in [1.165, 1.54) is 16.7 Å². The van der Waals surface area contributed by atoms with Crippen molar-refractivity contribution in [2.75, 3.05) is 0 Å². The molecule has 2 N–H and O–H groups in total. The van der Waals surface area contributed by atoms with Crippen molar-refractivity contribution in [2.45, 2.75) is 4.90 Å². The predicted molar refractivity (Wildman–Crippen MR) is 51.0 cm³/mol. The minimum Gasteiger partial charge on any atom is -0.254 e. The summed E-state index contributed by atoms with van der Waals surface area (Å²) in [7, 11) is -3.64. The van der Waals surface area contributed by atoms with Gasteiger partial charge in [0.1, 0.15) is 10.4 Å². The first kappa shape index (κ1) is 8.61. The van der Waals surface area contributed by atoms with E-state index in [2.05, 4.69) is 4.98 Å². The van der Waals surface area contributed by atoms with Gasteiger partial charge in [0, 0.05) is 11.6 Å². The minimum absolute atomic E-state index is 0.105. The third-order valence-electron chi connectivity index (χ3n) is 1.60. The zero-order valence-electron chi connectivity index (χ0n) is 6.47. The molecule has 0 fully saturated rings. The van der Waals surface area contributed by atoms with Crippen LogP contribution < -0.4 is 5.14 Å². The molecule has 0 saturated heterocycles. The number of rotatable bonds is 1. The van der Waals surface area contributed by atoms with Crippen molar-refractivity contribution in [3.63, 3.8) is 0 Å². The Morgan fingerprint density at radius 1 is 1.46 bits per heavy atom. The smallest absolute Gasteiger partial charge is 0.241 e. The maximum atomic E-state index is 11.1. The van der Waals surface area contributed by atoms with Crippen LogP contribution >= 0.6 is 11.3 Å². The van der Waals surface area contributed by atoms with Crippen LogP contribution in [-0.4, -0.2) is 13.4 Å². The molecule has 0 aliphatic rings. The summed E-state index contributed by atoms with van der Waals surface area (Å²) in [5.74, 6) is 0. The van der Waals surface area contributed by atoms with Crippen LogP contribution in [0.25, 0.3) is 10.2 Å². The number of nitrogens with zero attached hydrogens (tertiary/aromatic N) is 1. The Bertz CT molecular complexity index is 544. The Morgan fingerprint density at radius 2 is 2.23 bits per heavy atom. The van der Waals surface area contributed by atoms with E-state index in [9.17, 15) is 8.42 Å². The number of primary sulfonamides is 1. The minimum atomic E-state index is -3.64. The lowest BCUT2D eigenvalue weighted by molar-refractivity contribution is 0.599. The molecule has 0 radical (unpaired) electrons. The lowest BCUT2D eigenvalue weighted by Crippen LogP contribution is -2.11. The van der Waals surface area contributed by atoms with Gasteiger partial charge in [-0.3, -0.25) is 4.98 Å². The van der Waals surface area contributed by atoms with Gasteiger partial charge in [-0.15, -0.1) is 11.3 Å². The number of aromatic nitrogens is 1. The number of hydrogen-bond acceptors (Lipinski definition) is 4.